The Labute approximate surface area is 128 Å². The van der Waals surface area contributed by atoms with Gasteiger partial charge in [0.15, 0.2) is 0 Å². The maximum atomic E-state index is 12.2. The number of alkyl halides is 2. The molecule has 0 saturated carbocycles. The molecule has 8 nitrogen and oxygen atoms in total. The average molecular weight is 338 g/mol. The molecule has 2 saturated heterocycles. The summed E-state index contributed by atoms with van der Waals surface area (Å²) in [5, 5.41) is 12.1. The minimum atomic E-state index is -2.67. The SMILES string of the molecule is O=C1CCC(C(=O)O)(N2OC[C@H](NC(=S)CC(F)F)C2=O)O1. The molecule has 0 aromatic rings. The van der Waals surface area contributed by atoms with Gasteiger partial charge in [-0.25, -0.2) is 13.6 Å². The Bertz CT molecular complexity index is 531. The third kappa shape index (κ3) is 2.99. The first-order valence-electron chi connectivity index (χ1n) is 6.26. The molecule has 0 radical (unpaired) electrons. The highest BCUT2D eigenvalue weighted by molar-refractivity contribution is 7.80. The molecule has 22 heavy (non-hydrogen) atoms. The van der Waals surface area contributed by atoms with Gasteiger partial charge in [0.2, 0.25) is 6.43 Å². The molecule has 1 unspecified atom stereocenters. The number of ether oxygens (including phenoxy) is 1. The number of rotatable bonds is 5. The Morgan fingerprint density at radius 1 is 1.55 bits per heavy atom. The molecule has 2 rings (SSSR count). The quantitative estimate of drug-likeness (QED) is 0.525. The molecule has 2 N–H and O–H groups in total. The van der Waals surface area contributed by atoms with E-state index in [1.54, 1.807) is 0 Å². The third-order valence-electron chi connectivity index (χ3n) is 3.16. The first kappa shape index (κ1) is 16.5. The van der Waals surface area contributed by atoms with E-state index < -0.39 is 42.5 Å². The van der Waals surface area contributed by atoms with Gasteiger partial charge >= 0.3 is 17.7 Å². The predicted molar refractivity (Wildman–Crippen MR) is 68.6 cm³/mol. The number of carboxylic acid groups (broad SMARTS) is 1. The minimum Gasteiger partial charge on any atom is -0.477 e. The summed E-state index contributed by atoms with van der Waals surface area (Å²) < 4.78 is 29.1. The van der Waals surface area contributed by atoms with Crippen LogP contribution in [0.4, 0.5) is 8.78 Å². The average Bonchev–Trinajstić information content (AvgIpc) is 2.94. The lowest BCUT2D eigenvalue weighted by atomic mass is 10.1. The summed E-state index contributed by atoms with van der Waals surface area (Å²) in [5.74, 6) is -3.18. The maximum Gasteiger partial charge on any atom is 0.372 e. The van der Waals surface area contributed by atoms with Gasteiger partial charge in [-0.05, 0) is 0 Å². The van der Waals surface area contributed by atoms with E-state index in [1.165, 1.54) is 0 Å². The summed E-state index contributed by atoms with van der Waals surface area (Å²) in [6.07, 6.45) is -3.84. The van der Waals surface area contributed by atoms with Crippen molar-refractivity contribution in [1.29, 1.82) is 0 Å². The van der Waals surface area contributed by atoms with E-state index in [0.717, 1.165) is 0 Å². The molecule has 0 aromatic heterocycles. The topological polar surface area (TPSA) is 105 Å². The largest absolute Gasteiger partial charge is 0.477 e. The molecule has 2 heterocycles. The molecule has 0 aromatic carbocycles. The van der Waals surface area contributed by atoms with Gasteiger partial charge in [0.25, 0.3) is 5.91 Å². The fraction of sp³-hybridized carbons (Fsp3) is 0.636. The standard InChI is InChI=1S/C11H12F2N2O6S/c12-6(13)3-7(22)14-5-4-20-15(9(5)17)11(10(18)19)2-1-8(16)21-11/h5-6H,1-4H2,(H,14,22)(H,18,19)/t5-,11?/m0/s1. The van der Waals surface area contributed by atoms with Crippen LogP contribution in [-0.2, 0) is 24.0 Å². The number of nitrogens with one attached hydrogen (secondary N) is 1. The number of halogens is 2. The van der Waals surface area contributed by atoms with Gasteiger partial charge < -0.3 is 15.2 Å². The molecule has 1 amide bonds. The van der Waals surface area contributed by atoms with Crippen LogP contribution in [0.25, 0.3) is 0 Å². The second kappa shape index (κ2) is 6.08. The second-order valence-corrected chi connectivity index (χ2v) is 5.20. The van der Waals surface area contributed by atoms with E-state index in [9.17, 15) is 28.3 Å². The molecule has 122 valence electrons. The Morgan fingerprint density at radius 3 is 2.73 bits per heavy atom. The smallest absolute Gasteiger partial charge is 0.372 e. The number of esters is 1. The van der Waals surface area contributed by atoms with Gasteiger partial charge in [-0.3, -0.25) is 14.4 Å². The van der Waals surface area contributed by atoms with Gasteiger partial charge in [0, 0.05) is 6.42 Å². The van der Waals surface area contributed by atoms with E-state index in [0.29, 0.717) is 5.06 Å². The van der Waals surface area contributed by atoms with E-state index in [2.05, 4.69) is 17.5 Å². The highest BCUT2D eigenvalue weighted by atomic mass is 32.1. The van der Waals surface area contributed by atoms with E-state index in [4.69, 9.17) is 9.57 Å². The van der Waals surface area contributed by atoms with Crippen molar-refractivity contribution >= 4 is 35.1 Å². The van der Waals surface area contributed by atoms with Crippen molar-refractivity contribution in [3.63, 3.8) is 0 Å². The fourth-order valence-corrected chi connectivity index (χ4v) is 2.42. The molecule has 2 aliphatic heterocycles. The number of carbonyl (C=O) groups excluding carboxylic acids is 2. The molecular formula is C11H12F2N2O6S. The predicted octanol–water partition coefficient (Wildman–Crippen LogP) is -0.181. The zero-order chi connectivity index (χ0) is 16.5. The van der Waals surface area contributed by atoms with Crippen molar-refractivity contribution in [2.75, 3.05) is 6.61 Å². The van der Waals surface area contributed by atoms with Crippen LogP contribution in [0.15, 0.2) is 0 Å². The van der Waals surface area contributed by atoms with Crippen molar-refractivity contribution in [2.24, 2.45) is 0 Å². The van der Waals surface area contributed by atoms with Crippen molar-refractivity contribution in [2.45, 2.75) is 37.5 Å². The Balaban J connectivity index is 2.08. The molecule has 0 bridgehead atoms. The number of thiocarbonyl (C=S) groups is 1. The number of hydroxylamine groups is 2. The van der Waals surface area contributed by atoms with Crippen LogP contribution in [0, 0.1) is 0 Å². The summed E-state index contributed by atoms with van der Waals surface area (Å²) in [6, 6.07) is -1.11. The fourth-order valence-electron chi connectivity index (χ4n) is 2.15. The molecule has 2 atom stereocenters. The van der Waals surface area contributed by atoms with Gasteiger partial charge in [-0.15, -0.1) is 0 Å². The molecule has 2 fully saturated rings. The lowest BCUT2D eigenvalue weighted by Crippen LogP contribution is -2.56. The van der Waals surface area contributed by atoms with Crippen molar-refractivity contribution in [3.8, 4) is 0 Å². The normalized spacial score (nSPS) is 28.1. The van der Waals surface area contributed by atoms with Gasteiger partial charge in [-0.2, -0.15) is 5.06 Å². The van der Waals surface area contributed by atoms with Gasteiger partial charge in [0.1, 0.15) is 12.6 Å². The highest BCUT2D eigenvalue weighted by Gasteiger charge is 2.59. The Hall–Kier alpha value is -1.88. The van der Waals surface area contributed by atoms with E-state index in [-0.39, 0.29) is 24.4 Å². The first-order chi connectivity index (χ1) is 10.3. The van der Waals surface area contributed by atoms with Gasteiger partial charge in [-0.1, -0.05) is 12.2 Å². The zero-order valence-electron chi connectivity index (χ0n) is 11.1. The molecule has 11 heteroatoms. The van der Waals surface area contributed by atoms with Crippen molar-refractivity contribution < 1.29 is 37.8 Å². The number of cyclic esters (lactones) is 1. The maximum absolute atomic E-state index is 12.2. The molecular weight excluding hydrogens is 326 g/mol. The number of hydrogen-bond acceptors (Lipinski definition) is 6. The second-order valence-electron chi connectivity index (χ2n) is 4.71. The summed E-state index contributed by atoms with van der Waals surface area (Å²) in [5.41, 5.74) is -2.23. The van der Waals surface area contributed by atoms with Crippen LogP contribution >= 0.6 is 12.2 Å². The van der Waals surface area contributed by atoms with Crippen LogP contribution in [0.1, 0.15) is 19.3 Å². The van der Waals surface area contributed by atoms with Crippen LogP contribution in [0.3, 0.4) is 0 Å². The first-order valence-corrected chi connectivity index (χ1v) is 6.67. The lowest BCUT2D eigenvalue weighted by molar-refractivity contribution is -0.256. The Morgan fingerprint density at radius 2 is 2.23 bits per heavy atom. The number of aliphatic carboxylic acids is 1. The number of carbonyl (C=O) groups is 3. The lowest BCUT2D eigenvalue weighted by Gasteiger charge is -2.30. The number of carboxylic acids is 1. The Kier molecular flexibility index (Phi) is 4.56. The van der Waals surface area contributed by atoms with E-state index >= 15 is 0 Å². The molecule has 0 aliphatic carbocycles. The number of nitrogens with zero attached hydrogens (tertiary/aromatic N) is 1. The minimum absolute atomic E-state index is 0.179. The van der Waals surface area contributed by atoms with Crippen LogP contribution in [0.2, 0.25) is 0 Å². The highest BCUT2D eigenvalue weighted by Crippen LogP contribution is 2.34. The van der Waals surface area contributed by atoms with Crippen LogP contribution in [0.5, 0.6) is 0 Å². The molecule has 0 spiro atoms. The van der Waals surface area contributed by atoms with Gasteiger partial charge in [0.05, 0.1) is 17.8 Å². The van der Waals surface area contributed by atoms with Crippen molar-refractivity contribution in [3.05, 3.63) is 0 Å². The van der Waals surface area contributed by atoms with E-state index in [1.807, 2.05) is 0 Å². The monoisotopic (exact) mass is 338 g/mol. The van der Waals surface area contributed by atoms with Crippen molar-refractivity contribution in [1.82, 2.24) is 10.4 Å². The summed E-state index contributed by atoms with van der Waals surface area (Å²) >= 11 is 4.67. The molecule has 2 aliphatic rings. The number of amides is 1. The summed E-state index contributed by atoms with van der Waals surface area (Å²) in [4.78, 5) is 39.5. The van der Waals surface area contributed by atoms with Crippen LogP contribution in [-0.4, -0.2) is 57.8 Å². The van der Waals surface area contributed by atoms with Crippen LogP contribution < -0.4 is 5.32 Å². The summed E-state index contributed by atoms with van der Waals surface area (Å²) in [6.45, 7) is -0.311. The zero-order valence-corrected chi connectivity index (χ0v) is 11.9. The summed E-state index contributed by atoms with van der Waals surface area (Å²) in [7, 11) is 0. The number of hydrogen-bond donors (Lipinski definition) is 2. The third-order valence-corrected chi connectivity index (χ3v) is 3.44.